The van der Waals surface area contributed by atoms with E-state index >= 15 is 0 Å². The van der Waals surface area contributed by atoms with Crippen molar-refractivity contribution in [2.45, 2.75) is 57.9 Å². The van der Waals surface area contributed by atoms with Crippen LogP contribution in [0.3, 0.4) is 0 Å². The highest BCUT2D eigenvalue weighted by Crippen LogP contribution is 2.31. The van der Waals surface area contributed by atoms with Crippen LogP contribution in [0.4, 0.5) is 0 Å². The van der Waals surface area contributed by atoms with E-state index in [1.807, 2.05) is 12.1 Å². The van der Waals surface area contributed by atoms with E-state index in [2.05, 4.69) is 55.6 Å². The lowest BCUT2D eigenvalue weighted by atomic mass is 9.84. The summed E-state index contributed by atoms with van der Waals surface area (Å²) >= 11 is 0. The molecule has 1 aliphatic carbocycles. The second kappa shape index (κ2) is 9.07. The van der Waals surface area contributed by atoms with Crippen molar-refractivity contribution in [2.75, 3.05) is 7.11 Å². The largest absolute Gasteiger partial charge is 0.497 e. The SMILES string of the molecule is COc1ccc([C@@H](c2ccc(C)cc2)[C@@H](C)NC(=O)C2CCCCC2)cc1. The molecule has 2 aromatic rings. The number of methoxy groups -OCH3 is 1. The van der Waals surface area contributed by atoms with Crippen molar-refractivity contribution in [1.29, 1.82) is 0 Å². The van der Waals surface area contributed by atoms with E-state index in [0.29, 0.717) is 0 Å². The van der Waals surface area contributed by atoms with Crippen molar-refractivity contribution >= 4 is 5.91 Å². The quantitative estimate of drug-likeness (QED) is 0.762. The van der Waals surface area contributed by atoms with Gasteiger partial charge in [0.2, 0.25) is 5.91 Å². The molecule has 1 aliphatic rings. The summed E-state index contributed by atoms with van der Waals surface area (Å²) in [5.74, 6) is 1.35. The maximum absolute atomic E-state index is 12.8. The van der Waals surface area contributed by atoms with E-state index in [4.69, 9.17) is 4.74 Å². The third-order valence-electron chi connectivity index (χ3n) is 5.76. The molecule has 144 valence electrons. The summed E-state index contributed by atoms with van der Waals surface area (Å²) in [4.78, 5) is 12.8. The van der Waals surface area contributed by atoms with Gasteiger partial charge in [-0.25, -0.2) is 0 Å². The van der Waals surface area contributed by atoms with Crippen LogP contribution < -0.4 is 10.1 Å². The van der Waals surface area contributed by atoms with Gasteiger partial charge in [-0.05, 0) is 49.9 Å². The predicted octanol–water partition coefficient (Wildman–Crippen LogP) is 5.22. The summed E-state index contributed by atoms with van der Waals surface area (Å²) in [5, 5.41) is 3.32. The molecular weight excluding hydrogens is 334 g/mol. The van der Waals surface area contributed by atoms with Crippen molar-refractivity contribution in [3.8, 4) is 5.75 Å². The Morgan fingerprint density at radius 1 is 0.963 bits per heavy atom. The molecule has 1 fully saturated rings. The number of carbonyl (C=O) groups is 1. The zero-order valence-corrected chi connectivity index (χ0v) is 16.7. The third kappa shape index (κ3) is 4.91. The van der Waals surface area contributed by atoms with E-state index in [1.54, 1.807) is 7.11 Å². The van der Waals surface area contributed by atoms with Crippen LogP contribution in [0.1, 0.15) is 61.6 Å². The van der Waals surface area contributed by atoms with Gasteiger partial charge in [-0.1, -0.05) is 61.2 Å². The molecule has 3 rings (SSSR count). The van der Waals surface area contributed by atoms with Crippen LogP contribution in [0.15, 0.2) is 48.5 Å². The molecule has 0 unspecified atom stereocenters. The van der Waals surface area contributed by atoms with Crippen LogP contribution in [0.5, 0.6) is 5.75 Å². The van der Waals surface area contributed by atoms with E-state index in [0.717, 1.165) is 18.6 Å². The molecule has 0 spiro atoms. The number of amides is 1. The Bertz CT molecular complexity index is 730. The van der Waals surface area contributed by atoms with E-state index in [1.165, 1.54) is 36.0 Å². The second-order valence-electron chi connectivity index (χ2n) is 7.79. The van der Waals surface area contributed by atoms with Gasteiger partial charge in [0.05, 0.1) is 7.11 Å². The normalized spacial score (nSPS) is 17.1. The molecule has 0 saturated heterocycles. The maximum Gasteiger partial charge on any atom is 0.223 e. The first-order valence-corrected chi connectivity index (χ1v) is 10.1. The van der Waals surface area contributed by atoms with Gasteiger partial charge in [0.15, 0.2) is 0 Å². The van der Waals surface area contributed by atoms with Gasteiger partial charge in [-0.15, -0.1) is 0 Å². The van der Waals surface area contributed by atoms with Crippen LogP contribution in [-0.4, -0.2) is 19.1 Å². The highest BCUT2D eigenvalue weighted by Gasteiger charge is 2.27. The van der Waals surface area contributed by atoms with Gasteiger partial charge in [0, 0.05) is 17.9 Å². The number of hydrogen-bond donors (Lipinski definition) is 1. The van der Waals surface area contributed by atoms with Crippen LogP contribution >= 0.6 is 0 Å². The molecule has 0 aliphatic heterocycles. The van der Waals surface area contributed by atoms with Crippen molar-refractivity contribution < 1.29 is 9.53 Å². The molecule has 27 heavy (non-hydrogen) atoms. The lowest BCUT2D eigenvalue weighted by molar-refractivity contribution is -0.126. The average Bonchev–Trinajstić information content (AvgIpc) is 2.71. The number of hydrogen-bond acceptors (Lipinski definition) is 2. The van der Waals surface area contributed by atoms with Gasteiger partial charge in [-0.3, -0.25) is 4.79 Å². The number of rotatable bonds is 6. The fourth-order valence-corrected chi connectivity index (χ4v) is 4.15. The molecule has 0 heterocycles. The first-order valence-electron chi connectivity index (χ1n) is 10.1. The summed E-state index contributed by atoms with van der Waals surface area (Å²) in [5.41, 5.74) is 3.66. The van der Waals surface area contributed by atoms with Gasteiger partial charge in [0.25, 0.3) is 0 Å². The van der Waals surface area contributed by atoms with Gasteiger partial charge in [0.1, 0.15) is 5.75 Å². The Morgan fingerprint density at radius 3 is 2.07 bits per heavy atom. The standard InChI is InChI=1S/C24H31NO2/c1-17-9-11-19(12-10-17)23(20-13-15-22(27-3)16-14-20)18(2)25-24(26)21-7-5-4-6-8-21/h9-16,18,21,23H,4-8H2,1-3H3,(H,25,26)/t18-,23-/m1/s1. The highest BCUT2D eigenvalue weighted by molar-refractivity contribution is 5.79. The molecule has 3 heteroatoms. The first kappa shape index (κ1) is 19.5. The summed E-state index contributed by atoms with van der Waals surface area (Å²) in [6, 6.07) is 16.8. The van der Waals surface area contributed by atoms with Crippen molar-refractivity contribution in [3.63, 3.8) is 0 Å². The van der Waals surface area contributed by atoms with E-state index < -0.39 is 0 Å². The molecule has 0 bridgehead atoms. The zero-order chi connectivity index (χ0) is 19.2. The monoisotopic (exact) mass is 365 g/mol. The smallest absolute Gasteiger partial charge is 0.223 e. The maximum atomic E-state index is 12.8. The molecule has 1 saturated carbocycles. The summed E-state index contributed by atoms with van der Waals surface area (Å²) < 4.78 is 5.30. The van der Waals surface area contributed by atoms with Crippen LogP contribution in [-0.2, 0) is 4.79 Å². The van der Waals surface area contributed by atoms with E-state index in [9.17, 15) is 4.79 Å². The van der Waals surface area contributed by atoms with Crippen molar-refractivity contribution in [3.05, 3.63) is 65.2 Å². The van der Waals surface area contributed by atoms with Crippen LogP contribution in [0.2, 0.25) is 0 Å². The Kier molecular flexibility index (Phi) is 6.54. The summed E-state index contributed by atoms with van der Waals surface area (Å²) in [6.45, 7) is 4.22. The lowest BCUT2D eigenvalue weighted by Gasteiger charge is -2.29. The minimum absolute atomic E-state index is 0.0236. The number of nitrogens with one attached hydrogen (secondary N) is 1. The highest BCUT2D eigenvalue weighted by atomic mass is 16.5. The molecule has 3 nitrogen and oxygen atoms in total. The number of benzene rings is 2. The van der Waals surface area contributed by atoms with Crippen LogP contribution in [0.25, 0.3) is 0 Å². The number of aryl methyl sites for hydroxylation is 1. The predicted molar refractivity (Wildman–Crippen MR) is 110 cm³/mol. The fourth-order valence-electron chi connectivity index (χ4n) is 4.15. The summed E-state index contributed by atoms with van der Waals surface area (Å²) in [7, 11) is 1.68. The molecule has 2 atom stereocenters. The first-order chi connectivity index (χ1) is 13.1. The zero-order valence-electron chi connectivity index (χ0n) is 16.7. The molecular formula is C24H31NO2. The Labute approximate surface area is 163 Å². The Balaban J connectivity index is 1.83. The van der Waals surface area contributed by atoms with Crippen molar-refractivity contribution in [1.82, 2.24) is 5.32 Å². The minimum atomic E-state index is 0.0236. The molecule has 0 radical (unpaired) electrons. The Morgan fingerprint density at radius 2 is 1.52 bits per heavy atom. The number of ether oxygens (including phenoxy) is 1. The van der Waals surface area contributed by atoms with Gasteiger partial charge < -0.3 is 10.1 Å². The van der Waals surface area contributed by atoms with E-state index in [-0.39, 0.29) is 23.8 Å². The lowest BCUT2D eigenvalue weighted by Crippen LogP contribution is -2.41. The average molecular weight is 366 g/mol. The topological polar surface area (TPSA) is 38.3 Å². The Hall–Kier alpha value is -2.29. The van der Waals surface area contributed by atoms with Crippen molar-refractivity contribution in [2.24, 2.45) is 5.92 Å². The van der Waals surface area contributed by atoms with Gasteiger partial charge >= 0.3 is 0 Å². The van der Waals surface area contributed by atoms with Crippen LogP contribution in [0, 0.1) is 12.8 Å². The molecule has 1 amide bonds. The number of carbonyl (C=O) groups excluding carboxylic acids is 1. The fraction of sp³-hybridized carbons (Fsp3) is 0.458. The third-order valence-corrected chi connectivity index (χ3v) is 5.76. The molecule has 1 N–H and O–H groups in total. The summed E-state index contributed by atoms with van der Waals surface area (Å²) in [6.07, 6.45) is 5.66. The molecule has 2 aromatic carbocycles. The van der Waals surface area contributed by atoms with Gasteiger partial charge in [-0.2, -0.15) is 0 Å². The molecule has 0 aromatic heterocycles. The minimum Gasteiger partial charge on any atom is -0.497 e. The second-order valence-corrected chi connectivity index (χ2v) is 7.79.